The van der Waals surface area contributed by atoms with E-state index in [1.807, 2.05) is 0 Å². The Hall–Kier alpha value is -1.84. The van der Waals surface area contributed by atoms with E-state index in [-0.39, 0.29) is 6.54 Å². The maximum atomic E-state index is 10.7. The molecule has 0 heterocycles. The molecular weight excluding hydrogens is 182 g/mol. The third-order valence-corrected chi connectivity index (χ3v) is 1.71. The average Bonchev–Trinajstić information content (AvgIpc) is 2.13. The molecule has 1 N–H and O–H groups in total. The van der Waals surface area contributed by atoms with E-state index in [0.717, 1.165) is 4.90 Å². The van der Waals surface area contributed by atoms with Gasteiger partial charge in [0.1, 0.15) is 6.29 Å². The zero-order chi connectivity index (χ0) is 10.6. The second-order valence-corrected chi connectivity index (χ2v) is 2.73. The first kappa shape index (κ1) is 10.2. The topological polar surface area (TPSA) is 57.6 Å². The third kappa shape index (κ3) is 2.32. The van der Waals surface area contributed by atoms with Gasteiger partial charge in [0, 0.05) is 5.69 Å². The first-order valence-electron chi connectivity index (χ1n) is 4.01. The van der Waals surface area contributed by atoms with Gasteiger partial charge in [-0.3, -0.25) is 4.90 Å². The molecule has 0 aliphatic carbocycles. The molecular formula is C10H10NO3. The van der Waals surface area contributed by atoms with Gasteiger partial charge < -0.3 is 9.90 Å². The number of rotatable bonds is 3. The van der Waals surface area contributed by atoms with E-state index in [1.54, 1.807) is 24.3 Å². The summed E-state index contributed by atoms with van der Waals surface area (Å²) in [5.74, 6) is 0. The third-order valence-electron chi connectivity index (χ3n) is 1.71. The highest BCUT2D eigenvalue weighted by Crippen LogP contribution is 2.15. The summed E-state index contributed by atoms with van der Waals surface area (Å²) in [6.07, 6.45) is -0.605. The van der Waals surface area contributed by atoms with Crippen molar-refractivity contribution in [2.24, 2.45) is 0 Å². The summed E-state index contributed by atoms with van der Waals surface area (Å²) >= 11 is 0. The van der Waals surface area contributed by atoms with Crippen LogP contribution in [0.3, 0.4) is 0 Å². The summed E-state index contributed by atoms with van der Waals surface area (Å²) in [6, 6.07) is 6.67. The Labute approximate surface area is 81.8 Å². The highest BCUT2D eigenvalue weighted by molar-refractivity contribution is 5.89. The smallest absolute Gasteiger partial charge is 0.412 e. The number of carbonyl (C=O) groups is 2. The SMILES string of the molecule is [CH2]c1cccc(N(CC=O)C(=O)O)c1. The van der Waals surface area contributed by atoms with Crippen LogP contribution in [0, 0.1) is 6.92 Å². The highest BCUT2D eigenvalue weighted by Gasteiger charge is 2.12. The molecule has 0 saturated carbocycles. The number of amides is 1. The summed E-state index contributed by atoms with van der Waals surface area (Å²) in [5, 5.41) is 8.80. The molecule has 0 atom stereocenters. The first-order valence-corrected chi connectivity index (χ1v) is 4.01. The van der Waals surface area contributed by atoms with Gasteiger partial charge in [-0.1, -0.05) is 12.1 Å². The van der Waals surface area contributed by atoms with Crippen molar-refractivity contribution >= 4 is 18.1 Å². The standard InChI is InChI=1S/C10H10NO3/c1-8-3-2-4-9(7-8)11(5-6-12)10(13)14/h2-4,6-7H,1,5H2,(H,13,14). The summed E-state index contributed by atoms with van der Waals surface area (Å²) in [7, 11) is 0. The van der Waals surface area contributed by atoms with Crippen LogP contribution in [0.5, 0.6) is 0 Å². The molecule has 0 aromatic heterocycles. The van der Waals surface area contributed by atoms with Crippen LogP contribution in [0.25, 0.3) is 0 Å². The monoisotopic (exact) mass is 192 g/mol. The molecule has 14 heavy (non-hydrogen) atoms. The van der Waals surface area contributed by atoms with Gasteiger partial charge in [-0.25, -0.2) is 4.79 Å². The number of anilines is 1. The van der Waals surface area contributed by atoms with E-state index in [0.29, 0.717) is 17.5 Å². The molecule has 73 valence electrons. The highest BCUT2D eigenvalue weighted by atomic mass is 16.4. The van der Waals surface area contributed by atoms with E-state index in [4.69, 9.17) is 5.11 Å². The summed E-state index contributed by atoms with van der Waals surface area (Å²) in [4.78, 5) is 22.0. The van der Waals surface area contributed by atoms with E-state index in [2.05, 4.69) is 6.92 Å². The van der Waals surface area contributed by atoms with Crippen LogP contribution in [0.1, 0.15) is 5.56 Å². The molecule has 0 fully saturated rings. The normalized spacial score (nSPS) is 9.50. The number of hydrogen-bond acceptors (Lipinski definition) is 2. The Morgan fingerprint density at radius 2 is 2.29 bits per heavy atom. The predicted molar refractivity (Wildman–Crippen MR) is 52.3 cm³/mol. The van der Waals surface area contributed by atoms with Crippen molar-refractivity contribution in [2.75, 3.05) is 11.4 Å². The molecule has 1 amide bonds. The maximum Gasteiger partial charge on any atom is 0.412 e. The number of benzene rings is 1. The lowest BCUT2D eigenvalue weighted by molar-refractivity contribution is -0.106. The molecule has 0 aliphatic rings. The lowest BCUT2D eigenvalue weighted by Gasteiger charge is -2.16. The van der Waals surface area contributed by atoms with Crippen LogP contribution in [0.15, 0.2) is 24.3 Å². The van der Waals surface area contributed by atoms with Crippen molar-refractivity contribution < 1.29 is 14.7 Å². The minimum Gasteiger partial charge on any atom is -0.465 e. The van der Waals surface area contributed by atoms with Gasteiger partial charge in [0.15, 0.2) is 0 Å². The van der Waals surface area contributed by atoms with Crippen molar-refractivity contribution in [3.05, 3.63) is 36.8 Å². The number of aldehydes is 1. The van der Waals surface area contributed by atoms with Gasteiger partial charge in [0.05, 0.1) is 6.54 Å². The van der Waals surface area contributed by atoms with Gasteiger partial charge in [-0.2, -0.15) is 0 Å². The number of hydrogen-bond donors (Lipinski definition) is 1. The molecule has 0 bridgehead atoms. The van der Waals surface area contributed by atoms with Crippen LogP contribution < -0.4 is 4.90 Å². The largest absolute Gasteiger partial charge is 0.465 e. The van der Waals surface area contributed by atoms with Gasteiger partial charge in [-0.15, -0.1) is 0 Å². The second-order valence-electron chi connectivity index (χ2n) is 2.73. The van der Waals surface area contributed by atoms with Crippen LogP contribution in [0.4, 0.5) is 10.5 Å². The molecule has 0 unspecified atom stereocenters. The van der Waals surface area contributed by atoms with Gasteiger partial charge in [-0.05, 0) is 24.6 Å². The predicted octanol–water partition coefficient (Wildman–Crippen LogP) is 1.55. The molecule has 4 nitrogen and oxygen atoms in total. The zero-order valence-corrected chi connectivity index (χ0v) is 7.51. The van der Waals surface area contributed by atoms with E-state index >= 15 is 0 Å². The Kier molecular flexibility index (Phi) is 3.23. The Morgan fingerprint density at radius 1 is 1.57 bits per heavy atom. The van der Waals surface area contributed by atoms with Crippen LogP contribution in [-0.2, 0) is 4.79 Å². The summed E-state index contributed by atoms with van der Waals surface area (Å²) in [5.41, 5.74) is 1.16. The van der Waals surface area contributed by atoms with Crippen LogP contribution in [-0.4, -0.2) is 24.0 Å². The van der Waals surface area contributed by atoms with Gasteiger partial charge >= 0.3 is 6.09 Å². The fourth-order valence-electron chi connectivity index (χ4n) is 1.09. The van der Waals surface area contributed by atoms with E-state index in [9.17, 15) is 9.59 Å². The minimum atomic E-state index is -1.15. The molecule has 1 aromatic carbocycles. The lowest BCUT2D eigenvalue weighted by Crippen LogP contribution is -2.30. The van der Waals surface area contributed by atoms with E-state index in [1.165, 1.54) is 0 Å². The zero-order valence-electron chi connectivity index (χ0n) is 7.51. The Morgan fingerprint density at radius 3 is 2.79 bits per heavy atom. The van der Waals surface area contributed by atoms with Gasteiger partial charge in [0.2, 0.25) is 0 Å². The number of nitrogens with zero attached hydrogens (tertiary/aromatic N) is 1. The number of carbonyl (C=O) groups excluding carboxylic acids is 1. The van der Waals surface area contributed by atoms with Gasteiger partial charge in [0.25, 0.3) is 0 Å². The molecule has 1 aromatic rings. The average molecular weight is 192 g/mol. The Bertz CT molecular complexity index is 349. The van der Waals surface area contributed by atoms with Crippen LogP contribution >= 0.6 is 0 Å². The molecule has 4 heteroatoms. The second kappa shape index (κ2) is 4.41. The van der Waals surface area contributed by atoms with Crippen molar-refractivity contribution in [1.29, 1.82) is 0 Å². The molecule has 1 rings (SSSR count). The first-order chi connectivity index (χ1) is 6.65. The Balaban J connectivity index is 2.98. The molecule has 1 radical (unpaired) electrons. The van der Waals surface area contributed by atoms with Crippen molar-refractivity contribution in [2.45, 2.75) is 0 Å². The lowest BCUT2D eigenvalue weighted by atomic mass is 10.2. The molecule has 0 saturated heterocycles. The maximum absolute atomic E-state index is 10.7. The fraction of sp³-hybridized carbons (Fsp3) is 0.100. The number of carboxylic acid groups (broad SMARTS) is 1. The summed E-state index contributed by atoms with van der Waals surface area (Å²) in [6.45, 7) is 3.51. The van der Waals surface area contributed by atoms with Crippen LogP contribution in [0.2, 0.25) is 0 Å². The van der Waals surface area contributed by atoms with Crippen molar-refractivity contribution in [1.82, 2.24) is 0 Å². The fourth-order valence-corrected chi connectivity index (χ4v) is 1.09. The van der Waals surface area contributed by atoms with E-state index < -0.39 is 6.09 Å². The van der Waals surface area contributed by atoms with Crippen molar-refractivity contribution in [3.8, 4) is 0 Å². The summed E-state index contributed by atoms with van der Waals surface area (Å²) < 4.78 is 0. The quantitative estimate of drug-likeness (QED) is 0.739. The minimum absolute atomic E-state index is 0.168. The molecule has 0 spiro atoms. The van der Waals surface area contributed by atoms with Crippen molar-refractivity contribution in [3.63, 3.8) is 0 Å². The molecule has 0 aliphatic heterocycles.